The number of rotatable bonds is 6. The number of carbonyl (C=O) groups excluding carboxylic acids is 3. The van der Waals surface area contributed by atoms with Gasteiger partial charge in [-0.2, -0.15) is 0 Å². The van der Waals surface area contributed by atoms with Gasteiger partial charge in [0.05, 0.1) is 13.0 Å². The van der Waals surface area contributed by atoms with Crippen molar-refractivity contribution in [3.63, 3.8) is 0 Å². The van der Waals surface area contributed by atoms with E-state index < -0.39 is 5.92 Å². The number of hydrogen-bond acceptors (Lipinski definition) is 4. The molecule has 2 aromatic rings. The van der Waals surface area contributed by atoms with E-state index in [0.29, 0.717) is 24.5 Å². The molecule has 2 aromatic carbocycles. The predicted molar refractivity (Wildman–Crippen MR) is 106 cm³/mol. The number of ether oxygens (including phenoxy) is 1. The van der Waals surface area contributed by atoms with Crippen LogP contribution in [0.3, 0.4) is 0 Å². The van der Waals surface area contributed by atoms with E-state index in [1.165, 1.54) is 6.92 Å². The van der Waals surface area contributed by atoms with Crippen LogP contribution in [0.15, 0.2) is 48.5 Å². The van der Waals surface area contributed by atoms with Gasteiger partial charge >= 0.3 is 0 Å². The molecular weight excluding hydrogens is 358 g/mol. The van der Waals surface area contributed by atoms with Crippen molar-refractivity contribution in [1.29, 1.82) is 0 Å². The summed E-state index contributed by atoms with van der Waals surface area (Å²) in [6.45, 7) is 2.14. The smallest absolute Gasteiger partial charge is 0.227 e. The number of anilines is 2. The lowest BCUT2D eigenvalue weighted by molar-refractivity contribution is -0.126. The maximum atomic E-state index is 12.5. The summed E-state index contributed by atoms with van der Waals surface area (Å²) in [5.41, 5.74) is 2.24. The Labute approximate surface area is 163 Å². The van der Waals surface area contributed by atoms with Gasteiger partial charge in [-0.05, 0) is 35.9 Å². The number of hydrogen-bond donors (Lipinski definition) is 2. The van der Waals surface area contributed by atoms with Crippen molar-refractivity contribution in [1.82, 2.24) is 5.32 Å². The summed E-state index contributed by atoms with van der Waals surface area (Å²) in [5, 5.41) is 5.59. The van der Waals surface area contributed by atoms with Gasteiger partial charge in [0.25, 0.3) is 0 Å². The maximum Gasteiger partial charge on any atom is 0.227 e. The minimum atomic E-state index is -0.407. The topological polar surface area (TPSA) is 87.7 Å². The van der Waals surface area contributed by atoms with Crippen molar-refractivity contribution in [2.24, 2.45) is 5.92 Å². The molecule has 7 heteroatoms. The number of nitrogens with one attached hydrogen (secondary N) is 2. The lowest BCUT2D eigenvalue weighted by Crippen LogP contribution is -2.32. The van der Waals surface area contributed by atoms with Gasteiger partial charge in [-0.1, -0.05) is 18.2 Å². The third-order valence-electron chi connectivity index (χ3n) is 4.60. The largest absolute Gasteiger partial charge is 0.497 e. The molecule has 3 amide bonds. The van der Waals surface area contributed by atoms with Crippen LogP contribution < -0.4 is 20.3 Å². The van der Waals surface area contributed by atoms with Gasteiger partial charge in [-0.15, -0.1) is 0 Å². The van der Waals surface area contributed by atoms with Crippen LogP contribution in [0.5, 0.6) is 5.75 Å². The van der Waals surface area contributed by atoms with E-state index in [4.69, 9.17) is 4.74 Å². The van der Waals surface area contributed by atoms with Crippen LogP contribution in [-0.2, 0) is 20.9 Å². The summed E-state index contributed by atoms with van der Waals surface area (Å²) in [6, 6.07) is 14.5. The van der Waals surface area contributed by atoms with Gasteiger partial charge in [0.15, 0.2) is 0 Å². The molecule has 1 saturated heterocycles. The van der Waals surface area contributed by atoms with Crippen molar-refractivity contribution in [2.45, 2.75) is 19.9 Å². The van der Waals surface area contributed by atoms with Crippen LogP contribution in [0.4, 0.5) is 11.4 Å². The van der Waals surface area contributed by atoms with Crippen molar-refractivity contribution in [2.75, 3.05) is 23.9 Å². The van der Waals surface area contributed by atoms with Crippen LogP contribution in [0, 0.1) is 5.92 Å². The van der Waals surface area contributed by atoms with Gasteiger partial charge < -0.3 is 20.3 Å². The summed E-state index contributed by atoms with van der Waals surface area (Å²) >= 11 is 0. The third-order valence-corrected chi connectivity index (χ3v) is 4.60. The average molecular weight is 381 g/mol. The first kappa shape index (κ1) is 19.4. The highest BCUT2D eigenvalue weighted by Crippen LogP contribution is 2.27. The Hall–Kier alpha value is -3.35. The monoisotopic (exact) mass is 381 g/mol. The van der Waals surface area contributed by atoms with Crippen molar-refractivity contribution < 1.29 is 19.1 Å². The molecule has 1 fully saturated rings. The standard InChI is InChI=1S/C21H23N3O4/c1-14(25)23-17-4-3-5-18(11-17)24-13-16(10-20(24)26)21(27)22-12-15-6-8-19(28-2)9-7-15/h3-9,11,16H,10,12-13H2,1-2H3,(H,22,27)(H,23,25). The molecule has 3 rings (SSSR count). The number of amides is 3. The Balaban J connectivity index is 1.60. The Morgan fingerprint density at radius 1 is 1.18 bits per heavy atom. The number of nitrogens with zero attached hydrogens (tertiary/aromatic N) is 1. The molecule has 1 unspecified atom stereocenters. The normalized spacial score (nSPS) is 16.0. The molecule has 0 aliphatic carbocycles. The Bertz CT molecular complexity index is 879. The van der Waals surface area contributed by atoms with Gasteiger partial charge in [-0.3, -0.25) is 14.4 Å². The van der Waals surface area contributed by atoms with E-state index in [9.17, 15) is 14.4 Å². The molecule has 0 bridgehead atoms. The molecule has 0 radical (unpaired) electrons. The molecule has 2 N–H and O–H groups in total. The Morgan fingerprint density at radius 3 is 2.61 bits per heavy atom. The fraction of sp³-hybridized carbons (Fsp3) is 0.286. The highest BCUT2D eigenvalue weighted by molar-refractivity contribution is 6.01. The van der Waals surface area contributed by atoms with E-state index >= 15 is 0 Å². The Kier molecular flexibility index (Phi) is 5.93. The zero-order chi connectivity index (χ0) is 20.1. The van der Waals surface area contributed by atoms with Crippen LogP contribution in [0.25, 0.3) is 0 Å². The van der Waals surface area contributed by atoms with Crippen LogP contribution in [0.1, 0.15) is 18.9 Å². The fourth-order valence-electron chi connectivity index (χ4n) is 3.16. The highest BCUT2D eigenvalue weighted by Gasteiger charge is 2.35. The molecule has 1 aliphatic rings. The SMILES string of the molecule is COc1ccc(CNC(=O)C2CC(=O)N(c3cccc(NC(C)=O)c3)C2)cc1. The van der Waals surface area contributed by atoms with E-state index in [2.05, 4.69) is 10.6 Å². The third kappa shape index (κ3) is 4.68. The zero-order valence-electron chi connectivity index (χ0n) is 15.9. The summed E-state index contributed by atoms with van der Waals surface area (Å²) < 4.78 is 5.12. The van der Waals surface area contributed by atoms with E-state index in [-0.39, 0.29) is 24.1 Å². The Morgan fingerprint density at radius 2 is 1.93 bits per heavy atom. The first-order chi connectivity index (χ1) is 13.5. The highest BCUT2D eigenvalue weighted by atomic mass is 16.5. The summed E-state index contributed by atoms with van der Waals surface area (Å²) in [6.07, 6.45) is 0.165. The molecule has 7 nitrogen and oxygen atoms in total. The molecule has 146 valence electrons. The minimum Gasteiger partial charge on any atom is -0.497 e. The lowest BCUT2D eigenvalue weighted by Gasteiger charge is -2.18. The summed E-state index contributed by atoms with van der Waals surface area (Å²) in [5.74, 6) is -0.0845. The lowest BCUT2D eigenvalue weighted by atomic mass is 10.1. The second-order valence-corrected chi connectivity index (χ2v) is 6.70. The predicted octanol–water partition coefficient (Wildman–Crippen LogP) is 2.32. The molecule has 1 aliphatic heterocycles. The van der Waals surface area contributed by atoms with Crippen molar-refractivity contribution >= 4 is 29.1 Å². The number of carbonyl (C=O) groups is 3. The van der Waals surface area contributed by atoms with Gasteiger partial charge in [0, 0.05) is 37.8 Å². The molecule has 1 atom stereocenters. The second-order valence-electron chi connectivity index (χ2n) is 6.70. The van der Waals surface area contributed by atoms with Crippen molar-refractivity contribution in [3.8, 4) is 5.75 Å². The zero-order valence-corrected chi connectivity index (χ0v) is 15.9. The second kappa shape index (κ2) is 8.56. The minimum absolute atomic E-state index is 0.107. The van der Waals surface area contributed by atoms with Crippen molar-refractivity contribution in [3.05, 3.63) is 54.1 Å². The molecule has 1 heterocycles. The van der Waals surface area contributed by atoms with Gasteiger partial charge in [0.2, 0.25) is 17.7 Å². The van der Waals surface area contributed by atoms with Gasteiger partial charge in [0.1, 0.15) is 5.75 Å². The van der Waals surface area contributed by atoms with E-state index in [1.54, 1.807) is 36.3 Å². The van der Waals surface area contributed by atoms with E-state index in [0.717, 1.165) is 11.3 Å². The summed E-state index contributed by atoms with van der Waals surface area (Å²) in [7, 11) is 1.60. The number of methoxy groups -OCH3 is 1. The number of benzene rings is 2. The van der Waals surface area contributed by atoms with Crippen LogP contribution in [-0.4, -0.2) is 31.4 Å². The molecule has 0 saturated carbocycles. The maximum absolute atomic E-state index is 12.5. The first-order valence-electron chi connectivity index (χ1n) is 9.05. The quantitative estimate of drug-likeness (QED) is 0.804. The molecule has 0 spiro atoms. The van der Waals surface area contributed by atoms with Gasteiger partial charge in [-0.25, -0.2) is 0 Å². The fourth-order valence-corrected chi connectivity index (χ4v) is 3.16. The van der Waals surface area contributed by atoms with Crippen LogP contribution >= 0.6 is 0 Å². The first-order valence-corrected chi connectivity index (χ1v) is 9.05. The van der Waals surface area contributed by atoms with Crippen LogP contribution in [0.2, 0.25) is 0 Å². The molecule has 0 aromatic heterocycles. The molecular formula is C21H23N3O4. The average Bonchev–Trinajstić information content (AvgIpc) is 3.08. The molecule has 28 heavy (non-hydrogen) atoms. The van der Waals surface area contributed by atoms with E-state index in [1.807, 2.05) is 24.3 Å². The summed E-state index contributed by atoms with van der Waals surface area (Å²) in [4.78, 5) is 37.7.